The van der Waals surface area contributed by atoms with Crippen LogP contribution in [0.25, 0.3) is 17.1 Å². The molecule has 0 radical (unpaired) electrons. The van der Waals surface area contributed by atoms with Crippen molar-refractivity contribution < 1.29 is 9.72 Å². The van der Waals surface area contributed by atoms with Crippen molar-refractivity contribution in [1.82, 2.24) is 20.2 Å². The largest absolute Gasteiger partial charge is 0.272 e. The first kappa shape index (κ1) is 24.6. The summed E-state index contributed by atoms with van der Waals surface area (Å²) < 4.78 is 2.82. The van der Waals surface area contributed by atoms with Crippen molar-refractivity contribution in [2.75, 3.05) is 5.75 Å². The van der Waals surface area contributed by atoms with Crippen LogP contribution in [-0.2, 0) is 4.79 Å². The molecule has 9 nitrogen and oxygen atoms in total. The second-order valence-electron chi connectivity index (χ2n) is 7.03. The second-order valence-corrected chi connectivity index (χ2v) is 9.29. The van der Waals surface area contributed by atoms with Crippen molar-refractivity contribution in [3.63, 3.8) is 0 Å². The Morgan fingerprint density at radius 3 is 2.60 bits per heavy atom. The monoisotopic (exact) mass is 570 g/mol. The molecule has 12 heteroatoms. The minimum Gasteiger partial charge on any atom is -0.272 e. The van der Waals surface area contributed by atoms with Gasteiger partial charge < -0.3 is 0 Å². The van der Waals surface area contributed by atoms with E-state index in [0.29, 0.717) is 16.5 Å². The fourth-order valence-corrected chi connectivity index (χ4v) is 4.22. The van der Waals surface area contributed by atoms with E-state index in [1.807, 2.05) is 59.2 Å². The summed E-state index contributed by atoms with van der Waals surface area (Å²) in [5.74, 6) is 0.275. The molecular weight excluding hydrogens is 556 g/mol. The predicted molar refractivity (Wildman–Crippen MR) is 139 cm³/mol. The molecule has 0 bridgehead atoms. The number of halogens is 2. The number of amides is 1. The molecule has 0 saturated carbocycles. The normalized spacial score (nSPS) is 11.0. The van der Waals surface area contributed by atoms with Gasteiger partial charge in [-0.05, 0) is 30.3 Å². The van der Waals surface area contributed by atoms with Gasteiger partial charge >= 0.3 is 0 Å². The molecule has 0 spiro atoms. The zero-order valence-electron chi connectivity index (χ0n) is 17.8. The van der Waals surface area contributed by atoms with E-state index in [-0.39, 0.29) is 22.4 Å². The third-order valence-corrected chi connectivity index (χ3v) is 6.47. The zero-order chi connectivity index (χ0) is 24.8. The van der Waals surface area contributed by atoms with Crippen molar-refractivity contribution in [1.29, 1.82) is 0 Å². The Morgan fingerprint density at radius 1 is 1.14 bits per heavy atom. The second kappa shape index (κ2) is 11.3. The molecule has 176 valence electrons. The minimum absolute atomic E-state index is 0.0173. The molecule has 4 rings (SSSR count). The highest BCUT2D eigenvalue weighted by Gasteiger charge is 2.17. The summed E-state index contributed by atoms with van der Waals surface area (Å²) >= 11 is 10.7. The number of non-ortho nitro benzene ring substituents is 1. The lowest BCUT2D eigenvalue weighted by atomic mass is 10.2. The molecule has 3 aromatic carbocycles. The van der Waals surface area contributed by atoms with E-state index in [1.54, 1.807) is 0 Å². The quantitative estimate of drug-likeness (QED) is 0.129. The molecule has 0 aliphatic rings. The molecule has 1 heterocycles. The Balaban J connectivity index is 1.49. The topological polar surface area (TPSA) is 115 Å². The van der Waals surface area contributed by atoms with Crippen LogP contribution in [0.4, 0.5) is 5.69 Å². The maximum Gasteiger partial charge on any atom is 0.270 e. The molecule has 0 atom stereocenters. The maximum atomic E-state index is 12.4. The molecule has 4 aromatic rings. The first-order chi connectivity index (χ1) is 16.9. The Kier molecular flexibility index (Phi) is 7.91. The van der Waals surface area contributed by atoms with Gasteiger partial charge in [-0.1, -0.05) is 69.6 Å². The lowest BCUT2D eigenvalue weighted by molar-refractivity contribution is -0.384. The number of benzene rings is 3. The average Bonchev–Trinajstić information content (AvgIpc) is 3.29. The van der Waals surface area contributed by atoms with Crippen LogP contribution < -0.4 is 5.43 Å². The molecule has 0 saturated heterocycles. The number of rotatable bonds is 8. The fourth-order valence-electron chi connectivity index (χ4n) is 3.04. The van der Waals surface area contributed by atoms with Gasteiger partial charge in [0.05, 0.1) is 16.9 Å². The molecular formula is C23H16BrClN6O3S. The number of hydrogen-bond donors (Lipinski definition) is 1. The van der Waals surface area contributed by atoms with Crippen LogP contribution in [0.2, 0.25) is 5.02 Å². The van der Waals surface area contributed by atoms with Gasteiger partial charge in [0.2, 0.25) is 0 Å². The lowest BCUT2D eigenvalue weighted by Gasteiger charge is -2.10. The standard InChI is InChI=1S/C23H16BrClN6O3S/c24-17-6-8-18(9-7-17)30-22(15-4-2-1-3-5-15)28-29-23(30)35-14-21(32)27-26-13-16-12-19(31(33)34)10-11-20(16)25/h1-13H,14H2,(H,27,32). The van der Waals surface area contributed by atoms with Crippen LogP contribution in [0.1, 0.15) is 5.56 Å². The van der Waals surface area contributed by atoms with Crippen molar-refractivity contribution in [2.24, 2.45) is 5.10 Å². The molecule has 0 aliphatic carbocycles. The van der Waals surface area contributed by atoms with Gasteiger partial charge in [-0.15, -0.1) is 10.2 Å². The van der Waals surface area contributed by atoms with Crippen LogP contribution in [-0.4, -0.2) is 37.6 Å². The van der Waals surface area contributed by atoms with Crippen molar-refractivity contribution in [3.8, 4) is 17.1 Å². The first-order valence-corrected chi connectivity index (χ1v) is 12.2. The van der Waals surface area contributed by atoms with E-state index in [4.69, 9.17) is 11.6 Å². The summed E-state index contributed by atoms with van der Waals surface area (Å²) in [5, 5.41) is 24.3. The molecule has 1 N–H and O–H groups in total. The number of thioether (sulfide) groups is 1. The number of nitro groups is 1. The highest BCUT2D eigenvalue weighted by atomic mass is 79.9. The third kappa shape index (κ3) is 6.13. The molecule has 0 unspecified atom stereocenters. The summed E-state index contributed by atoms with van der Waals surface area (Å²) in [5.41, 5.74) is 4.32. The van der Waals surface area contributed by atoms with Gasteiger partial charge in [0, 0.05) is 38.4 Å². The Labute approximate surface area is 217 Å². The van der Waals surface area contributed by atoms with Crippen LogP contribution in [0, 0.1) is 10.1 Å². The zero-order valence-corrected chi connectivity index (χ0v) is 21.0. The number of hydrazone groups is 1. The average molecular weight is 572 g/mol. The van der Waals surface area contributed by atoms with Crippen LogP contribution in [0.15, 0.2) is 87.5 Å². The van der Waals surface area contributed by atoms with E-state index < -0.39 is 4.92 Å². The van der Waals surface area contributed by atoms with Crippen molar-refractivity contribution in [3.05, 3.63) is 98.0 Å². The van der Waals surface area contributed by atoms with Gasteiger partial charge in [-0.2, -0.15) is 5.10 Å². The highest BCUT2D eigenvalue weighted by molar-refractivity contribution is 9.10. The molecule has 0 fully saturated rings. The summed E-state index contributed by atoms with van der Waals surface area (Å²) in [7, 11) is 0. The van der Waals surface area contributed by atoms with E-state index in [0.717, 1.165) is 15.7 Å². The number of carbonyl (C=O) groups is 1. The first-order valence-electron chi connectivity index (χ1n) is 10.1. The van der Waals surface area contributed by atoms with E-state index in [1.165, 1.54) is 36.2 Å². The van der Waals surface area contributed by atoms with Crippen LogP contribution >= 0.6 is 39.3 Å². The van der Waals surface area contributed by atoms with Gasteiger partial charge in [-0.3, -0.25) is 19.5 Å². The van der Waals surface area contributed by atoms with Crippen molar-refractivity contribution >= 4 is 57.1 Å². The summed E-state index contributed by atoms with van der Waals surface area (Å²) in [4.78, 5) is 22.8. The summed E-state index contributed by atoms with van der Waals surface area (Å²) in [6.07, 6.45) is 1.26. The van der Waals surface area contributed by atoms with Crippen LogP contribution in [0.5, 0.6) is 0 Å². The van der Waals surface area contributed by atoms with E-state index >= 15 is 0 Å². The Bertz CT molecular complexity index is 1400. The molecule has 1 aromatic heterocycles. The number of nitrogens with zero attached hydrogens (tertiary/aromatic N) is 5. The molecule has 0 aliphatic heterocycles. The number of hydrogen-bond acceptors (Lipinski definition) is 7. The SMILES string of the molecule is O=C(CSc1nnc(-c2ccccc2)n1-c1ccc(Br)cc1)NN=Cc1cc([N+](=O)[O-])ccc1Cl. The maximum absolute atomic E-state index is 12.4. The summed E-state index contributed by atoms with van der Waals surface area (Å²) in [6, 6.07) is 21.3. The smallest absolute Gasteiger partial charge is 0.270 e. The Morgan fingerprint density at radius 2 is 1.89 bits per heavy atom. The van der Waals surface area contributed by atoms with E-state index in [2.05, 4.69) is 36.7 Å². The fraction of sp³-hybridized carbons (Fsp3) is 0.0435. The third-order valence-electron chi connectivity index (χ3n) is 4.67. The number of carbonyl (C=O) groups excluding carboxylic acids is 1. The summed E-state index contributed by atoms with van der Waals surface area (Å²) in [6.45, 7) is 0. The lowest BCUT2D eigenvalue weighted by Crippen LogP contribution is -2.20. The van der Waals surface area contributed by atoms with Crippen molar-refractivity contribution in [2.45, 2.75) is 5.16 Å². The van der Waals surface area contributed by atoms with Gasteiger partial charge in [0.1, 0.15) is 0 Å². The molecule has 1 amide bonds. The number of aromatic nitrogens is 3. The highest BCUT2D eigenvalue weighted by Crippen LogP contribution is 2.28. The number of nitrogens with one attached hydrogen (secondary N) is 1. The minimum atomic E-state index is -0.534. The van der Waals surface area contributed by atoms with Gasteiger partial charge in [-0.25, -0.2) is 5.43 Å². The predicted octanol–water partition coefficient (Wildman–Crippen LogP) is 5.50. The van der Waals surface area contributed by atoms with Gasteiger partial charge in [0.15, 0.2) is 11.0 Å². The Hall–Kier alpha value is -3.54. The number of nitro benzene ring substituents is 1. The van der Waals surface area contributed by atoms with Gasteiger partial charge in [0.25, 0.3) is 11.6 Å². The molecule has 35 heavy (non-hydrogen) atoms. The van der Waals surface area contributed by atoms with Crippen LogP contribution in [0.3, 0.4) is 0 Å². The van der Waals surface area contributed by atoms with E-state index in [9.17, 15) is 14.9 Å².